The van der Waals surface area contributed by atoms with E-state index in [1.807, 2.05) is 31.2 Å². The summed E-state index contributed by atoms with van der Waals surface area (Å²) in [6.45, 7) is 4.00. The molecule has 0 spiro atoms. The van der Waals surface area contributed by atoms with Gasteiger partial charge in [-0.1, -0.05) is 31.2 Å². The van der Waals surface area contributed by atoms with Crippen molar-refractivity contribution < 1.29 is 13.2 Å². The van der Waals surface area contributed by atoms with Crippen LogP contribution in [0.3, 0.4) is 0 Å². The SMILES string of the molecule is CCc1ccc(C(=O)N(C)C(C)c2ccc(S(C)(=O)=O)cc2)cc1. The maximum Gasteiger partial charge on any atom is 0.254 e. The van der Waals surface area contributed by atoms with Gasteiger partial charge in [0.15, 0.2) is 9.84 Å². The van der Waals surface area contributed by atoms with Gasteiger partial charge in [-0.05, 0) is 48.7 Å². The zero-order valence-electron chi connectivity index (χ0n) is 14.5. The molecule has 0 radical (unpaired) electrons. The molecule has 2 aromatic carbocycles. The van der Waals surface area contributed by atoms with Gasteiger partial charge in [0, 0.05) is 18.9 Å². The molecule has 4 nitrogen and oxygen atoms in total. The van der Waals surface area contributed by atoms with Crippen LogP contribution in [0.25, 0.3) is 0 Å². The van der Waals surface area contributed by atoms with E-state index >= 15 is 0 Å². The van der Waals surface area contributed by atoms with Crippen LogP contribution in [0.1, 0.15) is 41.4 Å². The molecular weight excluding hydrogens is 322 g/mol. The number of nitrogens with zero attached hydrogens (tertiary/aromatic N) is 1. The van der Waals surface area contributed by atoms with Crippen molar-refractivity contribution in [2.75, 3.05) is 13.3 Å². The Hall–Kier alpha value is -2.14. The van der Waals surface area contributed by atoms with E-state index in [9.17, 15) is 13.2 Å². The molecule has 0 heterocycles. The minimum atomic E-state index is -3.21. The van der Waals surface area contributed by atoms with Gasteiger partial charge in [0.25, 0.3) is 5.91 Å². The fourth-order valence-corrected chi connectivity index (χ4v) is 3.11. The average molecular weight is 345 g/mol. The summed E-state index contributed by atoms with van der Waals surface area (Å²) in [5.41, 5.74) is 2.73. The van der Waals surface area contributed by atoms with Crippen LogP contribution < -0.4 is 0 Å². The van der Waals surface area contributed by atoms with Gasteiger partial charge in [0.1, 0.15) is 0 Å². The highest BCUT2D eigenvalue weighted by atomic mass is 32.2. The fourth-order valence-electron chi connectivity index (χ4n) is 2.48. The molecule has 128 valence electrons. The van der Waals surface area contributed by atoms with Gasteiger partial charge in [-0.3, -0.25) is 4.79 Å². The molecule has 0 aliphatic heterocycles. The molecule has 1 amide bonds. The van der Waals surface area contributed by atoms with Crippen LogP contribution in [0.15, 0.2) is 53.4 Å². The summed E-state index contributed by atoms with van der Waals surface area (Å²) in [5, 5.41) is 0. The Morgan fingerprint density at radius 1 is 1.04 bits per heavy atom. The number of benzene rings is 2. The summed E-state index contributed by atoms with van der Waals surface area (Å²) in [7, 11) is -1.46. The molecule has 5 heteroatoms. The first-order valence-corrected chi connectivity index (χ1v) is 9.79. The largest absolute Gasteiger partial charge is 0.335 e. The maximum absolute atomic E-state index is 12.6. The molecule has 0 aromatic heterocycles. The zero-order chi connectivity index (χ0) is 17.9. The third-order valence-electron chi connectivity index (χ3n) is 4.30. The minimum absolute atomic E-state index is 0.0580. The Balaban J connectivity index is 2.18. The number of amides is 1. The van der Waals surface area contributed by atoms with Gasteiger partial charge in [-0.2, -0.15) is 0 Å². The summed E-state index contributed by atoms with van der Waals surface area (Å²) < 4.78 is 23.1. The number of rotatable bonds is 5. The third kappa shape index (κ3) is 4.03. The molecule has 0 saturated heterocycles. The second-order valence-corrected chi connectivity index (χ2v) is 8.00. The Labute approximate surface area is 144 Å². The van der Waals surface area contributed by atoms with E-state index < -0.39 is 9.84 Å². The van der Waals surface area contributed by atoms with E-state index in [-0.39, 0.29) is 16.8 Å². The molecule has 1 atom stereocenters. The third-order valence-corrected chi connectivity index (χ3v) is 5.43. The lowest BCUT2D eigenvalue weighted by Gasteiger charge is -2.25. The van der Waals surface area contributed by atoms with Crippen LogP contribution >= 0.6 is 0 Å². The van der Waals surface area contributed by atoms with Crippen molar-refractivity contribution in [3.05, 3.63) is 65.2 Å². The predicted octanol–water partition coefficient (Wildman–Crippen LogP) is 3.49. The van der Waals surface area contributed by atoms with Gasteiger partial charge in [0.05, 0.1) is 10.9 Å². The lowest BCUT2D eigenvalue weighted by molar-refractivity contribution is 0.0742. The number of sulfone groups is 1. The summed E-state index contributed by atoms with van der Waals surface area (Å²) in [6.07, 6.45) is 2.12. The second kappa shape index (κ2) is 7.18. The van der Waals surface area contributed by atoms with Crippen LogP contribution in [-0.2, 0) is 16.3 Å². The van der Waals surface area contributed by atoms with E-state index in [0.717, 1.165) is 12.0 Å². The monoisotopic (exact) mass is 345 g/mol. The molecule has 24 heavy (non-hydrogen) atoms. The van der Waals surface area contributed by atoms with Crippen LogP contribution in [0.4, 0.5) is 0 Å². The minimum Gasteiger partial charge on any atom is -0.335 e. The molecule has 2 rings (SSSR count). The van der Waals surface area contributed by atoms with Crippen molar-refractivity contribution in [1.82, 2.24) is 4.90 Å². The molecule has 0 fully saturated rings. The van der Waals surface area contributed by atoms with Gasteiger partial charge in [0.2, 0.25) is 0 Å². The predicted molar refractivity (Wildman–Crippen MR) is 95.9 cm³/mol. The Morgan fingerprint density at radius 3 is 2.04 bits per heavy atom. The van der Waals surface area contributed by atoms with Crippen LogP contribution in [-0.4, -0.2) is 32.5 Å². The lowest BCUT2D eigenvalue weighted by Crippen LogP contribution is -2.29. The van der Waals surface area contributed by atoms with Gasteiger partial charge in [-0.15, -0.1) is 0 Å². The highest BCUT2D eigenvalue weighted by Gasteiger charge is 2.19. The number of hydrogen-bond donors (Lipinski definition) is 0. The van der Waals surface area contributed by atoms with E-state index in [4.69, 9.17) is 0 Å². The molecule has 0 bridgehead atoms. The first-order valence-electron chi connectivity index (χ1n) is 7.90. The first kappa shape index (κ1) is 18.2. The zero-order valence-corrected chi connectivity index (χ0v) is 15.3. The quantitative estimate of drug-likeness (QED) is 0.833. The molecule has 2 aromatic rings. The fraction of sp³-hybridized carbons (Fsp3) is 0.316. The maximum atomic E-state index is 12.6. The van der Waals surface area contributed by atoms with Gasteiger partial charge >= 0.3 is 0 Å². The smallest absolute Gasteiger partial charge is 0.254 e. The Morgan fingerprint density at radius 2 is 1.58 bits per heavy atom. The molecule has 0 saturated carbocycles. The second-order valence-electron chi connectivity index (χ2n) is 5.98. The van der Waals surface area contributed by atoms with Crippen molar-refractivity contribution >= 4 is 15.7 Å². The van der Waals surface area contributed by atoms with Gasteiger partial charge in [-0.25, -0.2) is 8.42 Å². The van der Waals surface area contributed by atoms with Crippen LogP contribution in [0.2, 0.25) is 0 Å². The summed E-state index contributed by atoms with van der Waals surface area (Å²) in [5.74, 6) is -0.0580. The summed E-state index contributed by atoms with van der Waals surface area (Å²) >= 11 is 0. The molecule has 0 N–H and O–H groups in total. The number of carbonyl (C=O) groups excluding carboxylic acids is 1. The van der Waals surface area contributed by atoms with Crippen molar-refractivity contribution in [2.45, 2.75) is 31.2 Å². The van der Waals surface area contributed by atoms with Crippen molar-refractivity contribution in [1.29, 1.82) is 0 Å². The Kier molecular flexibility index (Phi) is 5.44. The molecular formula is C19H23NO3S. The average Bonchev–Trinajstić information content (AvgIpc) is 2.59. The van der Waals surface area contributed by atoms with Crippen molar-refractivity contribution in [3.8, 4) is 0 Å². The van der Waals surface area contributed by atoms with E-state index in [2.05, 4.69) is 6.92 Å². The first-order chi connectivity index (χ1) is 11.2. The molecule has 0 aliphatic rings. The lowest BCUT2D eigenvalue weighted by atomic mass is 10.1. The van der Waals surface area contributed by atoms with E-state index in [0.29, 0.717) is 5.56 Å². The topological polar surface area (TPSA) is 54.5 Å². The summed E-state index contributed by atoms with van der Waals surface area (Å²) in [4.78, 5) is 14.6. The molecule has 0 aliphatic carbocycles. The van der Waals surface area contributed by atoms with Crippen molar-refractivity contribution in [2.24, 2.45) is 0 Å². The normalized spacial score (nSPS) is 12.7. The highest BCUT2D eigenvalue weighted by molar-refractivity contribution is 7.90. The highest BCUT2D eigenvalue weighted by Crippen LogP contribution is 2.22. The molecule has 1 unspecified atom stereocenters. The van der Waals surface area contributed by atoms with Gasteiger partial charge < -0.3 is 4.90 Å². The number of hydrogen-bond acceptors (Lipinski definition) is 3. The van der Waals surface area contributed by atoms with Crippen molar-refractivity contribution in [3.63, 3.8) is 0 Å². The van der Waals surface area contributed by atoms with E-state index in [1.165, 1.54) is 11.8 Å². The van der Waals surface area contributed by atoms with Crippen LogP contribution in [0, 0.1) is 0 Å². The number of aryl methyl sites for hydroxylation is 1. The summed E-state index contributed by atoms with van der Waals surface area (Å²) in [6, 6.07) is 14.1. The van der Waals surface area contributed by atoms with E-state index in [1.54, 1.807) is 36.2 Å². The van der Waals surface area contributed by atoms with Crippen LogP contribution in [0.5, 0.6) is 0 Å². The Bertz CT molecular complexity index is 809. The standard InChI is InChI=1S/C19H23NO3S/c1-5-15-6-8-17(9-7-15)19(21)20(3)14(2)16-10-12-18(13-11-16)24(4,22)23/h6-14H,5H2,1-4H3. The number of carbonyl (C=O) groups is 1.